The molecule has 1 aromatic carbocycles. The second-order valence-corrected chi connectivity index (χ2v) is 7.14. The lowest BCUT2D eigenvalue weighted by Crippen LogP contribution is -2.27. The molecule has 25 heavy (non-hydrogen) atoms. The number of amides is 1. The first-order valence-electron chi connectivity index (χ1n) is 7.92. The van der Waals surface area contributed by atoms with E-state index < -0.39 is 0 Å². The minimum atomic E-state index is 0.0338. The summed E-state index contributed by atoms with van der Waals surface area (Å²) in [6.45, 7) is 0.504. The maximum Gasteiger partial charge on any atom is 0.228 e. The Bertz CT molecular complexity index is 833. The van der Waals surface area contributed by atoms with Gasteiger partial charge in [-0.3, -0.25) is 4.79 Å². The predicted octanol–water partition coefficient (Wildman–Crippen LogP) is 3.98. The van der Waals surface area contributed by atoms with Crippen LogP contribution in [0.15, 0.2) is 54.0 Å². The Morgan fingerprint density at radius 3 is 2.68 bits per heavy atom. The highest BCUT2D eigenvalue weighted by atomic mass is 35.5. The molecule has 0 aliphatic rings. The largest absolute Gasteiger partial charge is 0.341 e. The Morgan fingerprint density at radius 1 is 1.16 bits per heavy atom. The first-order valence-corrected chi connectivity index (χ1v) is 9.17. The molecule has 0 N–H and O–H groups in total. The summed E-state index contributed by atoms with van der Waals surface area (Å²) in [5, 5.41) is 3.44. The highest BCUT2D eigenvalue weighted by molar-refractivity contribution is 7.09. The topological polar surface area (TPSA) is 46.1 Å². The fourth-order valence-electron chi connectivity index (χ4n) is 2.43. The van der Waals surface area contributed by atoms with Crippen molar-refractivity contribution in [2.75, 3.05) is 7.05 Å². The number of rotatable bonds is 6. The number of carbonyl (C=O) groups excluding carboxylic acids is 1. The Kier molecular flexibility index (Phi) is 5.79. The van der Waals surface area contributed by atoms with E-state index in [-0.39, 0.29) is 5.91 Å². The number of pyridine rings is 1. The molecule has 0 saturated heterocycles. The minimum absolute atomic E-state index is 0.0338. The van der Waals surface area contributed by atoms with Gasteiger partial charge in [0.2, 0.25) is 5.91 Å². The third kappa shape index (κ3) is 5.11. The van der Waals surface area contributed by atoms with Gasteiger partial charge in [-0.05, 0) is 17.2 Å². The lowest BCUT2D eigenvalue weighted by Gasteiger charge is -2.16. The maximum atomic E-state index is 12.4. The van der Waals surface area contributed by atoms with Gasteiger partial charge < -0.3 is 4.90 Å². The molecule has 128 valence electrons. The zero-order chi connectivity index (χ0) is 17.6. The molecule has 0 spiro atoms. The number of thiazole rings is 1. The summed E-state index contributed by atoms with van der Waals surface area (Å²) < 4.78 is 0. The summed E-state index contributed by atoms with van der Waals surface area (Å²) >= 11 is 7.38. The van der Waals surface area contributed by atoms with Crippen LogP contribution in [-0.2, 0) is 24.2 Å². The third-order valence-corrected chi connectivity index (χ3v) is 4.89. The molecule has 0 atom stereocenters. The molecule has 0 fully saturated rings. The van der Waals surface area contributed by atoms with E-state index in [2.05, 4.69) is 22.1 Å². The van der Waals surface area contributed by atoms with Gasteiger partial charge in [0.25, 0.3) is 0 Å². The molecule has 2 heterocycles. The monoisotopic (exact) mass is 371 g/mol. The highest BCUT2D eigenvalue weighted by Crippen LogP contribution is 2.16. The van der Waals surface area contributed by atoms with Crippen LogP contribution < -0.4 is 0 Å². The zero-order valence-electron chi connectivity index (χ0n) is 13.9. The number of likely N-dealkylation sites (N-methyl/N-ethyl adjacent to an activating group) is 1. The van der Waals surface area contributed by atoms with Crippen molar-refractivity contribution >= 4 is 28.8 Å². The van der Waals surface area contributed by atoms with E-state index >= 15 is 0 Å². The van der Waals surface area contributed by atoms with E-state index in [4.69, 9.17) is 11.6 Å². The van der Waals surface area contributed by atoms with Gasteiger partial charge in [-0.25, -0.2) is 9.97 Å². The fraction of sp³-hybridized carbons (Fsp3) is 0.211. The van der Waals surface area contributed by atoms with Crippen LogP contribution in [-0.4, -0.2) is 27.8 Å². The van der Waals surface area contributed by atoms with Crippen molar-refractivity contribution in [3.63, 3.8) is 0 Å². The molecule has 1 amide bonds. The second kappa shape index (κ2) is 8.23. The number of benzene rings is 1. The van der Waals surface area contributed by atoms with Crippen molar-refractivity contribution in [1.29, 1.82) is 0 Å². The molecule has 0 aliphatic heterocycles. The number of carbonyl (C=O) groups is 1. The highest BCUT2D eigenvalue weighted by Gasteiger charge is 2.13. The quantitative estimate of drug-likeness (QED) is 0.615. The average molecular weight is 372 g/mol. The van der Waals surface area contributed by atoms with Gasteiger partial charge in [0.1, 0.15) is 5.15 Å². The number of nitrogens with zero attached hydrogens (tertiary/aromatic N) is 3. The van der Waals surface area contributed by atoms with Crippen LogP contribution in [0, 0.1) is 0 Å². The maximum absolute atomic E-state index is 12.4. The van der Waals surface area contributed by atoms with Crippen molar-refractivity contribution in [3.8, 4) is 0 Å². The summed E-state index contributed by atoms with van der Waals surface area (Å²) in [7, 11) is 1.79. The van der Waals surface area contributed by atoms with E-state index in [0.717, 1.165) is 22.7 Å². The van der Waals surface area contributed by atoms with Crippen molar-refractivity contribution in [2.45, 2.75) is 19.4 Å². The average Bonchev–Trinajstić information content (AvgIpc) is 3.04. The molecule has 0 aliphatic carbocycles. The summed E-state index contributed by atoms with van der Waals surface area (Å²) in [5.74, 6) is 0.0338. The lowest BCUT2D eigenvalue weighted by atomic mass is 10.2. The zero-order valence-corrected chi connectivity index (χ0v) is 15.4. The first kappa shape index (κ1) is 17.6. The number of aromatic nitrogens is 2. The van der Waals surface area contributed by atoms with Gasteiger partial charge >= 0.3 is 0 Å². The molecule has 4 nitrogen and oxygen atoms in total. The summed E-state index contributed by atoms with van der Waals surface area (Å²) in [6, 6.07) is 13.8. The number of hydrogen-bond donors (Lipinski definition) is 0. The fourth-order valence-corrected chi connectivity index (χ4v) is 3.37. The predicted molar refractivity (Wildman–Crippen MR) is 101 cm³/mol. The van der Waals surface area contributed by atoms with Crippen LogP contribution >= 0.6 is 22.9 Å². The van der Waals surface area contributed by atoms with Crippen LogP contribution in [0.2, 0.25) is 5.15 Å². The Labute approximate surface area is 156 Å². The van der Waals surface area contributed by atoms with E-state index in [0.29, 0.717) is 18.1 Å². The van der Waals surface area contributed by atoms with Gasteiger partial charge in [-0.1, -0.05) is 48.0 Å². The first-order chi connectivity index (χ1) is 12.1. The second-order valence-electron chi connectivity index (χ2n) is 5.81. The molecule has 0 saturated carbocycles. The summed E-state index contributed by atoms with van der Waals surface area (Å²) in [5.41, 5.74) is 2.99. The van der Waals surface area contributed by atoms with Crippen LogP contribution in [0.25, 0.3) is 0 Å². The summed E-state index contributed by atoms with van der Waals surface area (Å²) in [4.78, 5) is 22.7. The molecule has 3 rings (SSSR count). The third-order valence-electron chi connectivity index (χ3n) is 3.76. The Hall–Kier alpha value is -2.24. The molecule has 2 aromatic heterocycles. The molecular formula is C19H18ClN3OS. The van der Waals surface area contributed by atoms with E-state index in [1.807, 2.05) is 29.6 Å². The van der Waals surface area contributed by atoms with Crippen LogP contribution in [0.1, 0.15) is 21.8 Å². The summed E-state index contributed by atoms with van der Waals surface area (Å²) in [6.07, 6.45) is 2.79. The molecule has 0 radical (unpaired) electrons. The Morgan fingerprint density at radius 2 is 1.96 bits per heavy atom. The normalized spacial score (nSPS) is 10.6. The molecule has 0 unspecified atom stereocenters. The van der Waals surface area contributed by atoms with Crippen molar-refractivity contribution in [3.05, 3.63) is 81.0 Å². The molecule has 3 aromatic rings. The van der Waals surface area contributed by atoms with Gasteiger partial charge in [0.05, 0.1) is 17.1 Å². The van der Waals surface area contributed by atoms with Crippen LogP contribution in [0.3, 0.4) is 0 Å². The molecule has 0 bridgehead atoms. The lowest BCUT2D eigenvalue weighted by molar-refractivity contribution is -0.129. The number of hydrogen-bond acceptors (Lipinski definition) is 4. The van der Waals surface area contributed by atoms with E-state index in [1.54, 1.807) is 35.5 Å². The van der Waals surface area contributed by atoms with Gasteiger partial charge in [0.15, 0.2) is 0 Å². The minimum Gasteiger partial charge on any atom is -0.341 e. The van der Waals surface area contributed by atoms with E-state index in [1.165, 1.54) is 5.56 Å². The van der Waals surface area contributed by atoms with Crippen LogP contribution in [0.4, 0.5) is 0 Å². The van der Waals surface area contributed by atoms with Gasteiger partial charge in [-0.15, -0.1) is 11.3 Å². The Balaban J connectivity index is 1.56. The number of halogens is 1. The SMILES string of the molecule is CN(Cc1ccc(Cl)nc1)C(=O)Cc1csc(Cc2ccccc2)n1. The van der Waals surface area contributed by atoms with Crippen molar-refractivity contribution in [1.82, 2.24) is 14.9 Å². The smallest absolute Gasteiger partial charge is 0.228 e. The standard InChI is InChI=1S/C19H18ClN3OS/c1-23(12-15-7-8-17(20)21-11-15)19(24)10-16-13-25-18(22-16)9-14-5-3-2-4-6-14/h2-8,11,13H,9-10,12H2,1H3. The molecular weight excluding hydrogens is 354 g/mol. The molecule has 6 heteroatoms. The van der Waals surface area contributed by atoms with Crippen molar-refractivity contribution in [2.24, 2.45) is 0 Å². The van der Waals surface area contributed by atoms with Crippen LogP contribution in [0.5, 0.6) is 0 Å². The van der Waals surface area contributed by atoms with Gasteiger partial charge in [-0.2, -0.15) is 0 Å². The van der Waals surface area contributed by atoms with Gasteiger partial charge in [0, 0.05) is 31.6 Å². The van der Waals surface area contributed by atoms with E-state index in [9.17, 15) is 4.79 Å². The van der Waals surface area contributed by atoms with Crippen molar-refractivity contribution < 1.29 is 4.79 Å².